The summed E-state index contributed by atoms with van der Waals surface area (Å²) in [4.78, 5) is 13.1. The third kappa shape index (κ3) is 3.03. The van der Waals surface area contributed by atoms with Gasteiger partial charge in [-0.15, -0.1) is 0 Å². The molecular formula is C15H13BrOS. The SMILES string of the molecule is Cc1ccc(C)c(Sc2ccc(C=O)cc2Br)c1. The molecule has 2 rings (SSSR count). The molecule has 0 aliphatic carbocycles. The van der Waals surface area contributed by atoms with E-state index in [-0.39, 0.29) is 0 Å². The highest BCUT2D eigenvalue weighted by Crippen LogP contribution is 2.35. The van der Waals surface area contributed by atoms with Gasteiger partial charge in [-0.1, -0.05) is 30.0 Å². The van der Waals surface area contributed by atoms with Crippen LogP contribution >= 0.6 is 27.7 Å². The molecule has 0 amide bonds. The van der Waals surface area contributed by atoms with Gasteiger partial charge in [-0.25, -0.2) is 0 Å². The zero-order chi connectivity index (χ0) is 13.1. The van der Waals surface area contributed by atoms with Gasteiger partial charge < -0.3 is 0 Å². The normalized spacial score (nSPS) is 10.4. The Kier molecular flexibility index (Phi) is 4.25. The maximum atomic E-state index is 10.7. The molecule has 0 aliphatic rings. The fourth-order valence-electron chi connectivity index (χ4n) is 1.61. The smallest absolute Gasteiger partial charge is 0.150 e. The number of rotatable bonds is 3. The van der Waals surface area contributed by atoms with Gasteiger partial charge in [-0.2, -0.15) is 0 Å². The largest absolute Gasteiger partial charge is 0.298 e. The van der Waals surface area contributed by atoms with E-state index in [1.807, 2.05) is 18.2 Å². The van der Waals surface area contributed by atoms with Gasteiger partial charge in [0.05, 0.1) is 0 Å². The number of halogens is 1. The summed E-state index contributed by atoms with van der Waals surface area (Å²) in [5.41, 5.74) is 3.20. The van der Waals surface area contributed by atoms with Crippen molar-refractivity contribution in [1.82, 2.24) is 0 Å². The van der Waals surface area contributed by atoms with E-state index in [2.05, 4.69) is 48.0 Å². The van der Waals surface area contributed by atoms with Crippen LogP contribution in [0.1, 0.15) is 21.5 Å². The molecule has 2 aromatic carbocycles. The minimum atomic E-state index is 0.687. The van der Waals surface area contributed by atoms with Gasteiger partial charge in [0.25, 0.3) is 0 Å². The standard InChI is InChI=1S/C15H13BrOS/c1-10-3-4-11(2)15(7-10)18-14-6-5-12(9-17)8-13(14)16/h3-9H,1-2H3. The maximum absolute atomic E-state index is 10.7. The Balaban J connectivity index is 2.34. The average Bonchev–Trinajstić information content (AvgIpc) is 2.36. The molecule has 0 fully saturated rings. The Bertz CT molecular complexity index is 593. The molecule has 0 saturated carbocycles. The Morgan fingerprint density at radius 2 is 1.83 bits per heavy atom. The number of benzene rings is 2. The van der Waals surface area contributed by atoms with Crippen LogP contribution in [0.2, 0.25) is 0 Å². The molecule has 0 aromatic heterocycles. The fraction of sp³-hybridized carbons (Fsp3) is 0.133. The van der Waals surface area contributed by atoms with Crippen LogP contribution < -0.4 is 0 Å². The second-order valence-electron chi connectivity index (χ2n) is 4.18. The number of hydrogen-bond acceptors (Lipinski definition) is 2. The molecule has 0 aliphatic heterocycles. The van der Waals surface area contributed by atoms with Crippen LogP contribution in [0.15, 0.2) is 50.7 Å². The number of hydrogen-bond donors (Lipinski definition) is 0. The summed E-state index contributed by atoms with van der Waals surface area (Å²) in [5, 5.41) is 0. The Hall–Kier alpha value is -1.06. The van der Waals surface area contributed by atoms with E-state index >= 15 is 0 Å². The van der Waals surface area contributed by atoms with Gasteiger partial charge in [-0.05, 0) is 59.1 Å². The average molecular weight is 321 g/mol. The summed E-state index contributed by atoms with van der Waals surface area (Å²) in [5.74, 6) is 0. The minimum absolute atomic E-state index is 0.687. The third-order valence-electron chi connectivity index (χ3n) is 2.66. The van der Waals surface area contributed by atoms with Crippen molar-refractivity contribution >= 4 is 34.0 Å². The first-order chi connectivity index (χ1) is 8.60. The molecule has 3 heteroatoms. The molecule has 0 N–H and O–H groups in total. The molecule has 0 atom stereocenters. The van der Waals surface area contributed by atoms with Crippen LogP contribution in [0.25, 0.3) is 0 Å². The van der Waals surface area contributed by atoms with E-state index in [0.717, 1.165) is 15.7 Å². The molecule has 0 bridgehead atoms. The van der Waals surface area contributed by atoms with Crippen LogP contribution in [0.4, 0.5) is 0 Å². The second-order valence-corrected chi connectivity index (χ2v) is 6.12. The highest BCUT2D eigenvalue weighted by molar-refractivity contribution is 9.10. The topological polar surface area (TPSA) is 17.1 Å². The molecule has 1 nitrogen and oxygen atoms in total. The maximum Gasteiger partial charge on any atom is 0.150 e. The monoisotopic (exact) mass is 320 g/mol. The summed E-state index contributed by atoms with van der Waals surface area (Å²) in [6, 6.07) is 12.1. The molecule has 18 heavy (non-hydrogen) atoms. The van der Waals surface area contributed by atoms with Crippen molar-refractivity contribution in [2.75, 3.05) is 0 Å². The number of carbonyl (C=O) groups is 1. The van der Waals surface area contributed by atoms with Gasteiger partial charge in [0.1, 0.15) is 6.29 Å². The van der Waals surface area contributed by atoms with Crippen LogP contribution in [-0.4, -0.2) is 6.29 Å². The first kappa shape index (κ1) is 13.4. The van der Waals surface area contributed by atoms with E-state index in [9.17, 15) is 4.79 Å². The van der Waals surface area contributed by atoms with Crippen LogP contribution in [0.5, 0.6) is 0 Å². The van der Waals surface area contributed by atoms with Crippen LogP contribution in [0.3, 0.4) is 0 Å². The van der Waals surface area contributed by atoms with Gasteiger partial charge >= 0.3 is 0 Å². The van der Waals surface area contributed by atoms with E-state index in [0.29, 0.717) is 5.56 Å². The Morgan fingerprint density at radius 3 is 2.50 bits per heavy atom. The summed E-state index contributed by atoms with van der Waals surface area (Å²) in [6.45, 7) is 4.20. The fourth-order valence-corrected chi connectivity index (χ4v) is 3.25. The molecular weight excluding hydrogens is 308 g/mol. The van der Waals surface area contributed by atoms with E-state index in [1.165, 1.54) is 16.0 Å². The molecule has 2 aromatic rings. The van der Waals surface area contributed by atoms with E-state index < -0.39 is 0 Å². The molecule has 0 radical (unpaired) electrons. The summed E-state index contributed by atoms with van der Waals surface area (Å²) >= 11 is 5.22. The zero-order valence-corrected chi connectivity index (χ0v) is 12.6. The van der Waals surface area contributed by atoms with Crippen molar-refractivity contribution in [1.29, 1.82) is 0 Å². The van der Waals surface area contributed by atoms with Crippen LogP contribution in [-0.2, 0) is 0 Å². The second kappa shape index (κ2) is 5.72. The quantitative estimate of drug-likeness (QED) is 0.738. The third-order valence-corrected chi connectivity index (χ3v) is 4.81. The summed E-state index contributed by atoms with van der Waals surface area (Å²) in [7, 11) is 0. The van der Waals surface area contributed by atoms with Gasteiger partial charge in [0, 0.05) is 19.8 Å². The lowest BCUT2D eigenvalue weighted by molar-refractivity contribution is 0.112. The lowest BCUT2D eigenvalue weighted by Crippen LogP contribution is -1.85. The van der Waals surface area contributed by atoms with Crippen molar-refractivity contribution in [3.63, 3.8) is 0 Å². The first-order valence-electron chi connectivity index (χ1n) is 5.60. The van der Waals surface area contributed by atoms with E-state index in [4.69, 9.17) is 0 Å². The summed E-state index contributed by atoms with van der Waals surface area (Å²) in [6.07, 6.45) is 0.858. The highest BCUT2D eigenvalue weighted by Gasteiger charge is 2.06. The molecule has 0 spiro atoms. The van der Waals surface area contributed by atoms with Gasteiger partial charge in [-0.3, -0.25) is 4.79 Å². The predicted octanol–water partition coefficient (Wildman–Crippen LogP) is 5.03. The number of carbonyl (C=O) groups excluding carboxylic acids is 1. The summed E-state index contributed by atoms with van der Waals surface area (Å²) < 4.78 is 0.956. The molecule has 0 saturated heterocycles. The van der Waals surface area contributed by atoms with Crippen molar-refractivity contribution < 1.29 is 4.79 Å². The number of aryl methyl sites for hydroxylation is 2. The highest BCUT2D eigenvalue weighted by atomic mass is 79.9. The number of aldehydes is 1. The lowest BCUT2D eigenvalue weighted by Gasteiger charge is -2.08. The zero-order valence-electron chi connectivity index (χ0n) is 10.2. The van der Waals surface area contributed by atoms with Crippen molar-refractivity contribution in [2.24, 2.45) is 0 Å². The van der Waals surface area contributed by atoms with Crippen molar-refractivity contribution in [2.45, 2.75) is 23.6 Å². The Morgan fingerprint density at radius 1 is 1.06 bits per heavy atom. The van der Waals surface area contributed by atoms with Gasteiger partial charge in [0.2, 0.25) is 0 Å². The molecule has 92 valence electrons. The Labute approximate surface area is 120 Å². The first-order valence-corrected chi connectivity index (χ1v) is 7.21. The van der Waals surface area contributed by atoms with Crippen LogP contribution in [0, 0.1) is 13.8 Å². The molecule has 0 unspecified atom stereocenters. The van der Waals surface area contributed by atoms with Crippen molar-refractivity contribution in [3.8, 4) is 0 Å². The van der Waals surface area contributed by atoms with E-state index in [1.54, 1.807) is 11.8 Å². The lowest BCUT2D eigenvalue weighted by atomic mass is 10.2. The van der Waals surface area contributed by atoms with Gasteiger partial charge in [0.15, 0.2) is 0 Å². The molecule has 0 heterocycles. The minimum Gasteiger partial charge on any atom is -0.298 e. The van der Waals surface area contributed by atoms with Crippen molar-refractivity contribution in [3.05, 3.63) is 57.6 Å². The predicted molar refractivity (Wildman–Crippen MR) is 79.6 cm³/mol.